The fraction of sp³-hybridized carbons (Fsp3) is 0.120. The zero-order valence-corrected chi connectivity index (χ0v) is 16.4. The topological polar surface area (TPSA) is 92.0 Å². The first kappa shape index (κ1) is 19.6. The second-order valence-corrected chi connectivity index (χ2v) is 7.25. The van der Waals surface area contributed by atoms with Gasteiger partial charge >= 0.3 is 5.97 Å². The predicted molar refractivity (Wildman–Crippen MR) is 116 cm³/mol. The van der Waals surface area contributed by atoms with Gasteiger partial charge in [-0.1, -0.05) is 91.0 Å². The largest absolute Gasteiger partial charge is 0.480 e. The average Bonchev–Trinajstić information content (AvgIpc) is 3.25. The molecule has 5 heteroatoms. The van der Waals surface area contributed by atoms with E-state index in [1.807, 2.05) is 54.6 Å². The summed E-state index contributed by atoms with van der Waals surface area (Å²) in [4.78, 5) is 19.3. The van der Waals surface area contributed by atoms with E-state index < -0.39 is 17.4 Å². The number of imidazole rings is 1. The van der Waals surface area contributed by atoms with Gasteiger partial charge in [0.2, 0.25) is 0 Å². The van der Waals surface area contributed by atoms with E-state index in [4.69, 9.17) is 10.7 Å². The van der Waals surface area contributed by atoms with E-state index in [2.05, 4.69) is 41.4 Å². The molecule has 4 N–H and O–H groups in total. The van der Waals surface area contributed by atoms with E-state index in [0.29, 0.717) is 5.69 Å². The van der Waals surface area contributed by atoms with Crippen LogP contribution in [0.2, 0.25) is 0 Å². The molecule has 0 bridgehead atoms. The molecule has 0 radical (unpaired) electrons. The number of aliphatic carboxylic acids is 1. The second kappa shape index (κ2) is 8.35. The van der Waals surface area contributed by atoms with Crippen LogP contribution >= 0.6 is 0 Å². The maximum Gasteiger partial charge on any atom is 0.320 e. The minimum Gasteiger partial charge on any atom is -0.480 e. The Morgan fingerprint density at radius 1 is 0.867 bits per heavy atom. The van der Waals surface area contributed by atoms with E-state index in [1.54, 1.807) is 6.20 Å². The lowest BCUT2D eigenvalue weighted by Crippen LogP contribution is -2.33. The first-order chi connectivity index (χ1) is 14.6. The van der Waals surface area contributed by atoms with E-state index >= 15 is 0 Å². The maximum absolute atomic E-state index is 11.2. The lowest BCUT2D eigenvalue weighted by atomic mass is 9.69. The lowest BCUT2D eigenvalue weighted by molar-refractivity contribution is -0.138. The number of nitrogens with one attached hydrogen (secondary N) is 1. The minimum atomic E-state index is -1.04. The SMILES string of the molecule is NC(Cc1cnc(C(c2ccccc2)(c2ccccc2)c2ccccc2)[nH]1)C(=O)O. The maximum atomic E-state index is 11.2. The van der Waals surface area contributed by atoms with Gasteiger partial charge in [0, 0.05) is 18.3 Å². The van der Waals surface area contributed by atoms with Crippen LogP contribution in [0.25, 0.3) is 0 Å². The number of hydrogen-bond donors (Lipinski definition) is 3. The zero-order valence-electron chi connectivity index (χ0n) is 16.4. The highest BCUT2D eigenvalue weighted by Gasteiger charge is 2.41. The third-order valence-corrected chi connectivity index (χ3v) is 5.36. The molecule has 0 aliphatic rings. The summed E-state index contributed by atoms with van der Waals surface area (Å²) < 4.78 is 0. The third-order valence-electron chi connectivity index (χ3n) is 5.36. The number of carboxylic acids is 1. The summed E-state index contributed by atoms with van der Waals surface area (Å²) in [7, 11) is 0. The summed E-state index contributed by atoms with van der Waals surface area (Å²) in [6, 6.07) is 29.6. The fourth-order valence-corrected chi connectivity index (χ4v) is 3.95. The number of hydrogen-bond acceptors (Lipinski definition) is 3. The summed E-state index contributed by atoms with van der Waals surface area (Å²) in [5.41, 5.74) is 8.94. The number of carboxylic acid groups (broad SMARTS) is 1. The van der Waals surface area contributed by atoms with Gasteiger partial charge in [-0.15, -0.1) is 0 Å². The fourth-order valence-electron chi connectivity index (χ4n) is 3.95. The lowest BCUT2D eigenvalue weighted by Gasteiger charge is -2.34. The third kappa shape index (κ3) is 3.51. The van der Waals surface area contributed by atoms with Crippen LogP contribution in [0, 0.1) is 0 Å². The monoisotopic (exact) mass is 397 g/mol. The van der Waals surface area contributed by atoms with Crippen LogP contribution in [-0.4, -0.2) is 27.1 Å². The molecule has 4 aromatic rings. The van der Waals surface area contributed by atoms with Crippen LogP contribution < -0.4 is 5.73 Å². The number of nitrogens with zero attached hydrogens (tertiary/aromatic N) is 1. The molecule has 1 unspecified atom stereocenters. The van der Waals surface area contributed by atoms with E-state index in [9.17, 15) is 9.90 Å². The van der Waals surface area contributed by atoms with Crippen LogP contribution in [0.1, 0.15) is 28.2 Å². The van der Waals surface area contributed by atoms with Crippen molar-refractivity contribution < 1.29 is 9.90 Å². The van der Waals surface area contributed by atoms with Crippen LogP contribution in [0.3, 0.4) is 0 Å². The molecule has 0 fully saturated rings. The number of H-pyrrole nitrogens is 1. The molecular formula is C25H23N3O2. The van der Waals surface area contributed by atoms with Crippen molar-refractivity contribution in [2.75, 3.05) is 0 Å². The summed E-state index contributed by atoms with van der Waals surface area (Å²) in [5.74, 6) is -0.315. The highest BCUT2D eigenvalue weighted by molar-refractivity contribution is 5.73. The second-order valence-electron chi connectivity index (χ2n) is 7.25. The van der Waals surface area contributed by atoms with E-state index in [-0.39, 0.29) is 6.42 Å². The van der Waals surface area contributed by atoms with Crippen LogP contribution in [0.15, 0.2) is 97.2 Å². The molecular weight excluding hydrogens is 374 g/mol. The molecule has 4 rings (SSSR count). The van der Waals surface area contributed by atoms with Gasteiger partial charge in [-0.2, -0.15) is 0 Å². The van der Waals surface area contributed by atoms with Crippen molar-refractivity contribution in [1.82, 2.24) is 9.97 Å². The van der Waals surface area contributed by atoms with E-state index in [0.717, 1.165) is 22.5 Å². The first-order valence-corrected chi connectivity index (χ1v) is 9.81. The molecule has 0 amide bonds. The summed E-state index contributed by atoms with van der Waals surface area (Å²) >= 11 is 0. The smallest absolute Gasteiger partial charge is 0.320 e. The normalized spacial score (nSPS) is 12.4. The number of carbonyl (C=O) groups is 1. The average molecular weight is 397 g/mol. The van der Waals surface area contributed by atoms with Gasteiger partial charge in [0.15, 0.2) is 0 Å². The Morgan fingerprint density at radius 3 is 1.70 bits per heavy atom. The molecule has 3 aromatic carbocycles. The first-order valence-electron chi connectivity index (χ1n) is 9.81. The van der Waals surface area contributed by atoms with Crippen molar-refractivity contribution >= 4 is 5.97 Å². The summed E-state index contributed by atoms with van der Waals surface area (Å²) in [6.45, 7) is 0. The molecule has 0 saturated heterocycles. The Balaban J connectivity index is 1.97. The predicted octanol–water partition coefficient (Wildman–Crippen LogP) is 3.75. The summed E-state index contributed by atoms with van der Waals surface area (Å²) in [5, 5.41) is 9.18. The molecule has 0 saturated carbocycles. The molecule has 1 aromatic heterocycles. The van der Waals surface area contributed by atoms with Crippen LogP contribution in [0.5, 0.6) is 0 Å². The van der Waals surface area contributed by atoms with Gasteiger partial charge in [-0.05, 0) is 16.7 Å². The van der Waals surface area contributed by atoms with Crippen molar-refractivity contribution in [3.8, 4) is 0 Å². The minimum absolute atomic E-state index is 0.177. The molecule has 0 aliphatic carbocycles. The van der Waals surface area contributed by atoms with Gasteiger partial charge in [0.05, 0.1) is 0 Å². The van der Waals surface area contributed by atoms with Crippen molar-refractivity contribution in [3.63, 3.8) is 0 Å². The highest BCUT2D eigenvalue weighted by atomic mass is 16.4. The van der Waals surface area contributed by atoms with Crippen LogP contribution in [0.4, 0.5) is 0 Å². The molecule has 0 aliphatic heterocycles. The van der Waals surface area contributed by atoms with Crippen LogP contribution in [-0.2, 0) is 16.6 Å². The van der Waals surface area contributed by atoms with Crippen molar-refractivity contribution in [3.05, 3.63) is 125 Å². The Morgan fingerprint density at radius 2 is 1.30 bits per heavy atom. The molecule has 0 spiro atoms. The molecule has 5 nitrogen and oxygen atoms in total. The standard InChI is InChI=1S/C25H23N3O2/c26-22(23(29)30)16-21-17-27-24(28-21)25(18-10-4-1-5-11-18,19-12-6-2-7-13-19)20-14-8-3-9-15-20/h1-15,17,22H,16,26H2,(H,27,28)(H,29,30). The molecule has 1 atom stereocenters. The number of aromatic amines is 1. The Labute approximate surface area is 175 Å². The van der Waals surface area contributed by atoms with Gasteiger partial charge < -0.3 is 15.8 Å². The zero-order chi connectivity index (χ0) is 21.0. The Hall–Kier alpha value is -3.70. The number of nitrogens with two attached hydrogens (primary N) is 1. The summed E-state index contributed by atoms with van der Waals surface area (Å²) in [6.07, 6.45) is 1.86. The molecule has 150 valence electrons. The van der Waals surface area contributed by atoms with Gasteiger partial charge in [0.1, 0.15) is 17.3 Å². The van der Waals surface area contributed by atoms with Crippen molar-refractivity contribution in [1.29, 1.82) is 0 Å². The Kier molecular flexibility index (Phi) is 5.46. The molecule has 30 heavy (non-hydrogen) atoms. The number of benzene rings is 3. The van der Waals surface area contributed by atoms with Gasteiger partial charge in [-0.25, -0.2) is 4.98 Å². The van der Waals surface area contributed by atoms with Gasteiger partial charge in [0.25, 0.3) is 0 Å². The van der Waals surface area contributed by atoms with Crippen molar-refractivity contribution in [2.24, 2.45) is 5.73 Å². The van der Waals surface area contributed by atoms with Gasteiger partial charge in [-0.3, -0.25) is 4.79 Å². The highest BCUT2D eigenvalue weighted by Crippen LogP contribution is 2.43. The number of rotatable bonds is 7. The van der Waals surface area contributed by atoms with E-state index in [1.165, 1.54) is 0 Å². The molecule has 1 heterocycles. The quantitative estimate of drug-likeness (QED) is 0.414. The number of aromatic nitrogens is 2. The van der Waals surface area contributed by atoms with Crippen molar-refractivity contribution in [2.45, 2.75) is 17.9 Å². The Bertz CT molecular complexity index is 1010.